The van der Waals surface area contributed by atoms with Gasteiger partial charge in [0.05, 0.1) is 23.7 Å². The van der Waals surface area contributed by atoms with Crippen LogP contribution in [0.2, 0.25) is 5.02 Å². The number of amides is 1. The number of hydrogen-bond acceptors (Lipinski definition) is 6. The van der Waals surface area contributed by atoms with Crippen molar-refractivity contribution in [3.8, 4) is 5.69 Å². The van der Waals surface area contributed by atoms with E-state index >= 15 is 0 Å². The summed E-state index contributed by atoms with van der Waals surface area (Å²) in [6.07, 6.45) is 0.677. The van der Waals surface area contributed by atoms with Gasteiger partial charge in [-0.05, 0) is 48.9 Å². The lowest BCUT2D eigenvalue weighted by atomic mass is 10.2. The van der Waals surface area contributed by atoms with Gasteiger partial charge < -0.3 is 10.1 Å². The number of carbonyl (C=O) groups excluding carboxylic acids is 2. The van der Waals surface area contributed by atoms with Gasteiger partial charge in [-0.25, -0.2) is 14.2 Å². The predicted molar refractivity (Wildman–Crippen MR) is 132 cm³/mol. The third-order valence-corrected chi connectivity index (χ3v) is 6.69. The first-order valence-electron chi connectivity index (χ1n) is 10.3. The number of thiophene rings is 1. The van der Waals surface area contributed by atoms with Gasteiger partial charge in [0.15, 0.2) is 0 Å². The normalized spacial score (nSPS) is 10.9. The van der Waals surface area contributed by atoms with Crippen LogP contribution in [0.15, 0.2) is 64.2 Å². The highest BCUT2D eigenvalue weighted by Gasteiger charge is 2.19. The molecule has 2 aromatic carbocycles. The van der Waals surface area contributed by atoms with Crippen molar-refractivity contribution < 1.29 is 14.3 Å². The van der Waals surface area contributed by atoms with Crippen molar-refractivity contribution in [2.24, 2.45) is 0 Å². The molecule has 0 saturated carbocycles. The van der Waals surface area contributed by atoms with Crippen molar-refractivity contribution in [1.82, 2.24) is 9.13 Å². The van der Waals surface area contributed by atoms with Crippen molar-refractivity contribution in [2.45, 2.75) is 19.9 Å². The molecule has 0 saturated heterocycles. The summed E-state index contributed by atoms with van der Waals surface area (Å²) in [5.41, 5.74) is -0.155. The summed E-state index contributed by atoms with van der Waals surface area (Å²) in [7, 11) is 1.27. The van der Waals surface area contributed by atoms with Crippen LogP contribution in [-0.2, 0) is 22.5 Å². The maximum absolute atomic E-state index is 13.4. The first-order chi connectivity index (χ1) is 16.3. The quantitative estimate of drug-likeness (QED) is 0.408. The van der Waals surface area contributed by atoms with Crippen molar-refractivity contribution in [3.63, 3.8) is 0 Å². The van der Waals surface area contributed by atoms with E-state index in [4.69, 9.17) is 16.3 Å². The lowest BCUT2D eigenvalue weighted by Gasteiger charge is -2.13. The van der Waals surface area contributed by atoms with Gasteiger partial charge in [-0.2, -0.15) is 0 Å². The highest BCUT2D eigenvalue weighted by Crippen LogP contribution is 2.23. The van der Waals surface area contributed by atoms with Crippen molar-refractivity contribution in [2.75, 3.05) is 12.4 Å². The number of methoxy groups -OCH3 is 1. The molecule has 0 aliphatic rings. The number of aromatic nitrogens is 2. The zero-order valence-electron chi connectivity index (χ0n) is 18.3. The number of anilines is 1. The van der Waals surface area contributed by atoms with Gasteiger partial charge >= 0.3 is 11.7 Å². The monoisotopic (exact) mass is 497 g/mol. The summed E-state index contributed by atoms with van der Waals surface area (Å²) >= 11 is 7.38. The Labute approximate surface area is 203 Å². The van der Waals surface area contributed by atoms with Gasteiger partial charge in [0.1, 0.15) is 11.4 Å². The molecule has 10 heteroatoms. The maximum atomic E-state index is 13.4. The van der Waals surface area contributed by atoms with Crippen LogP contribution in [0.5, 0.6) is 0 Å². The SMILES string of the molecule is CCc1cc2c(=O)n(-c3cccc(Cl)c3)c(=O)n(CC(=O)Nc3cccc(C(=O)OC)c3)c2s1. The second-order valence-electron chi connectivity index (χ2n) is 7.39. The zero-order valence-corrected chi connectivity index (χ0v) is 19.9. The molecule has 0 atom stereocenters. The minimum Gasteiger partial charge on any atom is -0.465 e. The Morgan fingerprint density at radius 3 is 2.56 bits per heavy atom. The molecule has 0 fully saturated rings. The number of aryl methyl sites for hydroxylation is 1. The molecule has 1 amide bonds. The number of esters is 1. The van der Waals surface area contributed by atoms with Crippen LogP contribution in [0.1, 0.15) is 22.2 Å². The fraction of sp³-hybridized carbons (Fsp3) is 0.167. The molecule has 34 heavy (non-hydrogen) atoms. The summed E-state index contributed by atoms with van der Waals surface area (Å²) < 4.78 is 7.00. The molecule has 2 aromatic heterocycles. The minimum absolute atomic E-state index is 0.278. The summed E-state index contributed by atoms with van der Waals surface area (Å²) in [5.74, 6) is -1.03. The summed E-state index contributed by atoms with van der Waals surface area (Å²) in [4.78, 5) is 52.7. The highest BCUT2D eigenvalue weighted by molar-refractivity contribution is 7.18. The van der Waals surface area contributed by atoms with E-state index in [0.29, 0.717) is 33.0 Å². The standard InChI is InChI=1S/C24H20ClN3O5S/c1-3-18-12-19-21(30)28(17-9-5-7-15(25)11-17)24(32)27(22(19)34-18)13-20(29)26-16-8-4-6-14(10-16)23(31)33-2/h4-12H,3,13H2,1-2H3,(H,26,29). The topological polar surface area (TPSA) is 99.4 Å². The van der Waals surface area contributed by atoms with Gasteiger partial charge in [-0.3, -0.25) is 14.2 Å². The van der Waals surface area contributed by atoms with Crippen LogP contribution in [0.25, 0.3) is 15.9 Å². The van der Waals surface area contributed by atoms with E-state index < -0.39 is 23.1 Å². The van der Waals surface area contributed by atoms with Gasteiger partial charge in [0.2, 0.25) is 5.91 Å². The van der Waals surface area contributed by atoms with Crippen LogP contribution < -0.4 is 16.6 Å². The molecule has 2 heterocycles. The van der Waals surface area contributed by atoms with Crippen molar-refractivity contribution >= 4 is 50.7 Å². The Kier molecular flexibility index (Phi) is 6.67. The molecule has 0 aliphatic heterocycles. The fourth-order valence-electron chi connectivity index (χ4n) is 3.54. The van der Waals surface area contributed by atoms with E-state index in [9.17, 15) is 19.2 Å². The van der Waals surface area contributed by atoms with Gasteiger partial charge in [0, 0.05) is 15.6 Å². The van der Waals surface area contributed by atoms with E-state index in [2.05, 4.69) is 5.32 Å². The largest absolute Gasteiger partial charge is 0.465 e. The van der Waals surface area contributed by atoms with Crippen LogP contribution >= 0.6 is 22.9 Å². The molecule has 0 aliphatic carbocycles. The van der Waals surface area contributed by atoms with E-state index in [1.54, 1.807) is 42.5 Å². The molecule has 0 bridgehead atoms. The number of fused-ring (bicyclic) bond motifs is 1. The van der Waals surface area contributed by atoms with E-state index in [0.717, 1.165) is 9.44 Å². The number of benzene rings is 2. The molecule has 1 N–H and O–H groups in total. The number of nitrogens with one attached hydrogen (secondary N) is 1. The number of halogens is 1. The second-order valence-corrected chi connectivity index (χ2v) is 8.95. The number of rotatable bonds is 6. The molecule has 8 nitrogen and oxygen atoms in total. The molecular formula is C24H20ClN3O5S. The number of nitrogens with zero attached hydrogens (tertiary/aromatic N) is 2. The average molecular weight is 498 g/mol. The smallest absolute Gasteiger partial charge is 0.337 e. The van der Waals surface area contributed by atoms with E-state index in [1.165, 1.54) is 35.1 Å². The molecule has 174 valence electrons. The Morgan fingerprint density at radius 1 is 1.09 bits per heavy atom. The lowest BCUT2D eigenvalue weighted by Crippen LogP contribution is -2.40. The third-order valence-electron chi connectivity index (χ3n) is 5.15. The zero-order chi connectivity index (χ0) is 24.4. The predicted octanol–water partition coefficient (Wildman–Crippen LogP) is 3.86. The van der Waals surface area contributed by atoms with Gasteiger partial charge in [0.25, 0.3) is 5.56 Å². The molecular weight excluding hydrogens is 478 g/mol. The van der Waals surface area contributed by atoms with Gasteiger partial charge in [-0.15, -0.1) is 11.3 Å². The van der Waals surface area contributed by atoms with Crippen LogP contribution in [0.3, 0.4) is 0 Å². The summed E-state index contributed by atoms with van der Waals surface area (Å²) in [6, 6.07) is 14.4. The Morgan fingerprint density at radius 2 is 1.85 bits per heavy atom. The van der Waals surface area contributed by atoms with Crippen molar-refractivity contribution in [3.05, 3.63) is 90.9 Å². The molecule has 0 spiro atoms. The first kappa shape index (κ1) is 23.5. The summed E-state index contributed by atoms with van der Waals surface area (Å²) in [6.45, 7) is 1.62. The molecule has 0 unspecified atom stereocenters. The molecule has 4 rings (SSSR count). The minimum atomic E-state index is -0.650. The number of carbonyl (C=O) groups is 2. The van der Waals surface area contributed by atoms with Gasteiger partial charge in [-0.1, -0.05) is 30.7 Å². The fourth-order valence-corrected chi connectivity index (χ4v) is 4.81. The van der Waals surface area contributed by atoms with Crippen LogP contribution in [0, 0.1) is 0 Å². The lowest BCUT2D eigenvalue weighted by molar-refractivity contribution is -0.116. The van der Waals surface area contributed by atoms with Crippen molar-refractivity contribution in [1.29, 1.82) is 0 Å². The number of hydrogen-bond donors (Lipinski definition) is 1. The maximum Gasteiger partial charge on any atom is 0.337 e. The highest BCUT2D eigenvalue weighted by atomic mass is 35.5. The molecule has 0 radical (unpaired) electrons. The summed E-state index contributed by atoms with van der Waals surface area (Å²) in [5, 5.41) is 3.42. The van der Waals surface area contributed by atoms with Crippen LogP contribution in [-0.4, -0.2) is 28.1 Å². The second kappa shape index (κ2) is 9.66. The Bertz CT molecular complexity index is 1540. The molecule has 4 aromatic rings. The number of ether oxygens (including phenoxy) is 1. The Balaban J connectivity index is 1.78. The average Bonchev–Trinajstić information content (AvgIpc) is 3.26. The Hall–Kier alpha value is -3.69. The van der Waals surface area contributed by atoms with E-state index in [-0.39, 0.29) is 12.1 Å². The van der Waals surface area contributed by atoms with Crippen LogP contribution in [0.4, 0.5) is 5.69 Å². The first-order valence-corrected chi connectivity index (χ1v) is 11.5. The van der Waals surface area contributed by atoms with E-state index in [1.807, 2.05) is 6.92 Å². The third kappa shape index (κ3) is 4.52.